The number of carbonyl (C=O) groups is 1. The van der Waals surface area contributed by atoms with Gasteiger partial charge in [-0.3, -0.25) is 4.79 Å². The second-order valence-electron chi connectivity index (χ2n) is 6.67. The highest BCUT2D eigenvalue weighted by molar-refractivity contribution is 5.81. The van der Waals surface area contributed by atoms with Gasteiger partial charge in [0.1, 0.15) is 5.78 Å². The molecule has 0 unspecified atom stereocenters. The monoisotopic (exact) mass is 317 g/mol. The summed E-state index contributed by atoms with van der Waals surface area (Å²) in [6.07, 6.45) is 3.43. The van der Waals surface area contributed by atoms with E-state index in [1.54, 1.807) is 0 Å². The number of rotatable bonds is 5. The van der Waals surface area contributed by atoms with Gasteiger partial charge in [0.15, 0.2) is 11.5 Å². The van der Waals surface area contributed by atoms with Gasteiger partial charge in [0.05, 0.1) is 13.2 Å². The molecule has 0 amide bonds. The SMILES string of the molecule is CCOc1ccc([C@@]23CCC(=O)C[C@@H]2N(C)CC3)cc1OCC. The Morgan fingerprint density at radius 2 is 1.91 bits per heavy atom. The number of Topliss-reactive ketones (excluding diaryl/α,β-unsaturated/α-hetero) is 1. The van der Waals surface area contributed by atoms with Crippen molar-refractivity contribution in [2.24, 2.45) is 0 Å². The fourth-order valence-electron chi connectivity index (χ4n) is 4.29. The maximum atomic E-state index is 12.0. The Hall–Kier alpha value is -1.55. The quantitative estimate of drug-likeness (QED) is 0.836. The molecule has 3 rings (SSSR count). The van der Waals surface area contributed by atoms with Crippen LogP contribution >= 0.6 is 0 Å². The Kier molecular flexibility index (Phi) is 4.62. The van der Waals surface area contributed by atoms with E-state index in [9.17, 15) is 4.79 Å². The molecular formula is C19H27NO3. The van der Waals surface area contributed by atoms with E-state index in [-0.39, 0.29) is 5.41 Å². The summed E-state index contributed by atoms with van der Waals surface area (Å²) >= 11 is 0. The predicted molar refractivity (Wildman–Crippen MR) is 90.4 cm³/mol. The van der Waals surface area contributed by atoms with E-state index in [1.807, 2.05) is 19.9 Å². The van der Waals surface area contributed by atoms with Gasteiger partial charge in [-0.15, -0.1) is 0 Å². The van der Waals surface area contributed by atoms with E-state index in [0.29, 0.717) is 37.9 Å². The molecule has 0 aromatic heterocycles. The van der Waals surface area contributed by atoms with Crippen LogP contribution in [0.3, 0.4) is 0 Å². The van der Waals surface area contributed by atoms with Crippen LogP contribution in [-0.4, -0.2) is 43.5 Å². The summed E-state index contributed by atoms with van der Waals surface area (Å²) in [6, 6.07) is 6.67. The molecule has 4 heteroatoms. The number of benzene rings is 1. The number of hydrogen-bond acceptors (Lipinski definition) is 4. The van der Waals surface area contributed by atoms with Gasteiger partial charge in [-0.25, -0.2) is 0 Å². The molecule has 1 saturated carbocycles. The third kappa shape index (κ3) is 2.85. The number of likely N-dealkylation sites (N-methyl/N-ethyl adjacent to an activating group) is 1. The second kappa shape index (κ2) is 6.52. The van der Waals surface area contributed by atoms with E-state index in [1.165, 1.54) is 5.56 Å². The molecule has 1 aromatic carbocycles. The maximum absolute atomic E-state index is 12.0. The first-order valence-corrected chi connectivity index (χ1v) is 8.72. The lowest BCUT2D eigenvalue weighted by molar-refractivity contribution is -0.122. The first kappa shape index (κ1) is 16.3. The van der Waals surface area contributed by atoms with Crippen LogP contribution < -0.4 is 9.47 Å². The minimum atomic E-state index is 0.0826. The predicted octanol–water partition coefficient (Wildman–Crippen LogP) is 3.18. The van der Waals surface area contributed by atoms with E-state index < -0.39 is 0 Å². The molecule has 1 heterocycles. The molecule has 1 aliphatic carbocycles. The van der Waals surface area contributed by atoms with E-state index >= 15 is 0 Å². The van der Waals surface area contributed by atoms with Crippen LogP contribution in [-0.2, 0) is 10.2 Å². The first-order valence-electron chi connectivity index (χ1n) is 8.72. The summed E-state index contributed by atoms with van der Waals surface area (Å²) in [6.45, 7) is 6.28. The van der Waals surface area contributed by atoms with Crippen LogP contribution in [0.15, 0.2) is 18.2 Å². The van der Waals surface area contributed by atoms with Gasteiger partial charge in [0, 0.05) is 24.3 Å². The van der Waals surface area contributed by atoms with Crippen molar-refractivity contribution in [2.45, 2.75) is 51.0 Å². The molecule has 23 heavy (non-hydrogen) atoms. The first-order chi connectivity index (χ1) is 11.1. The summed E-state index contributed by atoms with van der Waals surface area (Å²) in [5.74, 6) is 2.03. The van der Waals surface area contributed by atoms with Crippen LogP contribution in [0.4, 0.5) is 0 Å². The van der Waals surface area contributed by atoms with Gasteiger partial charge >= 0.3 is 0 Å². The van der Waals surface area contributed by atoms with E-state index in [4.69, 9.17) is 9.47 Å². The lowest BCUT2D eigenvalue weighted by atomic mass is 9.66. The largest absolute Gasteiger partial charge is 0.490 e. The normalized spacial score (nSPS) is 27.8. The van der Waals surface area contributed by atoms with Gasteiger partial charge in [-0.2, -0.15) is 0 Å². The highest BCUT2D eigenvalue weighted by Gasteiger charge is 2.50. The summed E-state index contributed by atoms with van der Waals surface area (Å²) < 4.78 is 11.5. The minimum Gasteiger partial charge on any atom is -0.490 e. The highest BCUT2D eigenvalue weighted by atomic mass is 16.5. The molecule has 1 saturated heterocycles. The molecule has 0 bridgehead atoms. The molecule has 126 valence electrons. The van der Waals surface area contributed by atoms with Crippen molar-refractivity contribution in [1.29, 1.82) is 0 Å². The fraction of sp³-hybridized carbons (Fsp3) is 0.632. The van der Waals surface area contributed by atoms with Crippen molar-refractivity contribution in [3.63, 3.8) is 0 Å². The lowest BCUT2D eigenvalue weighted by Crippen LogP contribution is -2.46. The average molecular weight is 317 g/mol. The van der Waals surface area contributed by atoms with Gasteiger partial charge < -0.3 is 14.4 Å². The molecule has 2 fully saturated rings. The zero-order valence-electron chi connectivity index (χ0n) is 14.4. The Bertz CT molecular complexity index is 586. The number of likely N-dealkylation sites (tertiary alicyclic amines) is 1. The highest BCUT2D eigenvalue weighted by Crippen LogP contribution is 2.49. The molecule has 2 aliphatic rings. The van der Waals surface area contributed by atoms with Gasteiger partial charge in [0.25, 0.3) is 0 Å². The molecule has 0 radical (unpaired) electrons. The third-order valence-corrected chi connectivity index (χ3v) is 5.47. The summed E-state index contributed by atoms with van der Waals surface area (Å²) in [7, 11) is 2.14. The van der Waals surface area contributed by atoms with Crippen molar-refractivity contribution in [3.8, 4) is 11.5 Å². The Morgan fingerprint density at radius 1 is 1.17 bits per heavy atom. The van der Waals surface area contributed by atoms with Crippen LogP contribution in [0.1, 0.15) is 45.1 Å². The average Bonchev–Trinajstić information content (AvgIpc) is 2.88. The summed E-state index contributed by atoms with van der Waals surface area (Å²) in [5, 5.41) is 0. The molecule has 2 atom stereocenters. The number of ketones is 1. The van der Waals surface area contributed by atoms with Crippen LogP contribution in [0, 0.1) is 0 Å². The smallest absolute Gasteiger partial charge is 0.161 e. The van der Waals surface area contributed by atoms with Crippen molar-refractivity contribution >= 4 is 5.78 Å². The minimum absolute atomic E-state index is 0.0826. The van der Waals surface area contributed by atoms with Crippen LogP contribution in [0.25, 0.3) is 0 Å². The standard InChI is InChI=1S/C19H27NO3/c1-4-22-16-7-6-14(12-17(16)23-5-2)19-9-8-15(21)13-18(19)20(3)11-10-19/h6-7,12,18H,4-5,8-11,13H2,1-3H3/t18-,19-/m0/s1. The van der Waals surface area contributed by atoms with Crippen LogP contribution in [0.2, 0.25) is 0 Å². The van der Waals surface area contributed by atoms with E-state index in [2.05, 4.69) is 24.1 Å². The molecule has 0 spiro atoms. The number of ether oxygens (including phenoxy) is 2. The Balaban J connectivity index is 1.99. The zero-order chi connectivity index (χ0) is 16.4. The summed E-state index contributed by atoms with van der Waals surface area (Å²) in [5.41, 5.74) is 1.38. The van der Waals surface area contributed by atoms with Gasteiger partial charge in [-0.1, -0.05) is 6.07 Å². The third-order valence-electron chi connectivity index (χ3n) is 5.47. The molecule has 0 N–H and O–H groups in total. The Morgan fingerprint density at radius 3 is 2.65 bits per heavy atom. The van der Waals surface area contributed by atoms with Crippen molar-refractivity contribution in [3.05, 3.63) is 23.8 Å². The molecule has 1 aliphatic heterocycles. The molecule has 1 aromatic rings. The number of fused-ring (bicyclic) bond motifs is 1. The Labute approximate surface area is 138 Å². The zero-order valence-corrected chi connectivity index (χ0v) is 14.4. The van der Waals surface area contributed by atoms with Crippen LogP contribution in [0.5, 0.6) is 11.5 Å². The van der Waals surface area contributed by atoms with E-state index in [0.717, 1.165) is 30.9 Å². The number of nitrogens with zero attached hydrogens (tertiary/aromatic N) is 1. The molecule has 4 nitrogen and oxygen atoms in total. The summed E-state index contributed by atoms with van der Waals surface area (Å²) in [4.78, 5) is 14.3. The lowest BCUT2D eigenvalue weighted by Gasteiger charge is -2.41. The molecular weight excluding hydrogens is 290 g/mol. The van der Waals surface area contributed by atoms with Crippen molar-refractivity contribution < 1.29 is 14.3 Å². The van der Waals surface area contributed by atoms with Crippen molar-refractivity contribution in [1.82, 2.24) is 4.90 Å². The van der Waals surface area contributed by atoms with Crippen molar-refractivity contribution in [2.75, 3.05) is 26.8 Å². The number of carbonyl (C=O) groups excluding carboxylic acids is 1. The topological polar surface area (TPSA) is 38.8 Å². The van der Waals surface area contributed by atoms with Gasteiger partial charge in [0.2, 0.25) is 0 Å². The maximum Gasteiger partial charge on any atom is 0.161 e. The fourth-order valence-corrected chi connectivity index (χ4v) is 4.29. The second-order valence-corrected chi connectivity index (χ2v) is 6.67. The number of hydrogen-bond donors (Lipinski definition) is 0. The van der Waals surface area contributed by atoms with Gasteiger partial charge in [-0.05, 0) is 58.0 Å².